The second-order valence-electron chi connectivity index (χ2n) is 12.2. The van der Waals surface area contributed by atoms with Crippen LogP contribution in [0.4, 0.5) is 0 Å². The van der Waals surface area contributed by atoms with Crippen molar-refractivity contribution in [1.82, 2.24) is 4.90 Å². The Kier molecular flexibility index (Phi) is 2.66. The zero-order valence-corrected chi connectivity index (χ0v) is 17.0. The van der Waals surface area contributed by atoms with Gasteiger partial charge < -0.3 is 10.6 Å². The van der Waals surface area contributed by atoms with Gasteiger partial charge in [-0.05, 0) is 73.7 Å². The van der Waals surface area contributed by atoms with Crippen molar-refractivity contribution in [3.8, 4) is 0 Å². The summed E-state index contributed by atoms with van der Waals surface area (Å²) >= 11 is 0. The Hall–Kier alpha value is -1.35. The lowest BCUT2D eigenvalue weighted by atomic mass is 9.38. The van der Waals surface area contributed by atoms with Crippen LogP contribution in [0.2, 0.25) is 0 Å². The predicted octanol–water partition coefficient (Wildman–Crippen LogP) is 3.86. The van der Waals surface area contributed by atoms with Crippen molar-refractivity contribution in [3.63, 3.8) is 0 Å². The zero-order chi connectivity index (χ0) is 19.0. The lowest BCUT2D eigenvalue weighted by Gasteiger charge is -2.66. The standard InChI is InChI=1S/C25H32N2O/c1-21-12-23(20(28)27-15-22(16-27)10-19(26)11-22)7-17-8-24(13-21,25(21,9-17)14-23)18-5-3-2-4-6-18/h2-6,17,19H,7-16,26H2,1H3/t17?,21-,23?,24-,25?/m1/s1. The van der Waals surface area contributed by atoms with Crippen LogP contribution in [0.1, 0.15) is 63.9 Å². The zero-order valence-electron chi connectivity index (χ0n) is 17.0. The molecule has 1 aromatic carbocycles. The quantitative estimate of drug-likeness (QED) is 0.852. The number of carbonyl (C=O) groups is 1. The Morgan fingerprint density at radius 2 is 1.75 bits per heavy atom. The van der Waals surface area contributed by atoms with Gasteiger partial charge >= 0.3 is 0 Å². The lowest BCUT2D eigenvalue weighted by Crippen LogP contribution is -2.68. The number of likely N-dealkylation sites (tertiary alicyclic amines) is 1. The molecule has 0 radical (unpaired) electrons. The van der Waals surface area contributed by atoms with E-state index >= 15 is 0 Å². The maximum atomic E-state index is 13.8. The summed E-state index contributed by atoms with van der Waals surface area (Å²) in [6.07, 6.45) is 9.70. The fraction of sp³-hybridized carbons (Fsp3) is 0.720. The number of rotatable bonds is 2. The Morgan fingerprint density at radius 3 is 2.46 bits per heavy atom. The molecule has 5 aliphatic carbocycles. The monoisotopic (exact) mass is 376 g/mol. The van der Waals surface area contributed by atoms with Crippen molar-refractivity contribution in [3.05, 3.63) is 35.9 Å². The van der Waals surface area contributed by atoms with E-state index in [0.29, 0.717) is 33.6 Å². The van der Waals surface area contributed by atoms with Crippen LogP contribution >= 0.6 is 0 Å². The van der Waals surface area contributed by atoms with Crippen LogP contribution in [0.3, 0.4) is 0 Å². The molecular weight excluding hydrogens is 344 g/mol. The second kappa shape index (κ2) is 4.53. The molecule has 3 nitrogen and oxygen atoms in total. The van der Waals surface area contributed by atoms with Gasteiger partial charge in [-0.3, -0.25) is 4.79 Å². The highest BCUT2D eigenvalue weighted by atomic mass is 16.2. The van der Waals surface area contributed by atoms with E-state index in [0.717, 1.165) is 51.1 Å². The Labute approximate surface area is 168 Å². The molecule has 2 spiro atoms. The summed E-state index contributed by atoms with van der Waals surface area (Å²) in [5, 5.41) is 0. The van der Waals surface area contributed by atoms with E-state index in [1.807, 2.05) is 0 Å². The number of fused-ring (bicyclic) bond motifs is 2. The Bertz CT molecular complexity index is 883. The number of nitrogens with zero attached hydrogens (tertiary/aromatic N) is 1. The maximum Gasteiger partial charge on any atom is 0.228 e. The minimum atomic E-state index is -0.0574. The summed E-state index contributed by atoms with van der Waals surface area (Å²) < 4.78 is 0. The molecule has 5 atom stereocenters. The molecule has 3 heteroatoms. The molecule has 1 amide bonds. The summed E-state index contributed by atoms with van der Waals surface area (Å²) in [5.74, 6) is 1.26. The van der Waals surface area contributed by atoms with E-state index in [4.69, 9.17) is 5.73 Å². The van der Waals surface area contributed by atoms with E-state index in [-0.39, 0.29) is 5.41 Å². The number of amides is 1. The Balaban J connectivity index is 1.23. The molecule has 28 heavy (non-hydrogen) atoms. The van der Waals surface area contributed by atoms with Crippen molar-refractivity contribution in [2.45, 2.75) is 69.7 Å². The highest BCUT2D eigenvalue weighted by Crippen LogP contribution is 2.88. The smallest absolute Gasteiger partial charge is 0.228 e. The molecule has 3 unspecified atom stereocenters. The van der Waals surface area contributed by atoms with Gasteiger partial charge in [-0.15, -0.1) is 0 Å². The van der Waals surface area contributed by atoms with Crippen LogP contribution in [-0.4, -0.2) is 29.9 Å². The lowest BCUT2D eigenvalue weighted by molar-refractivity contribution is -0.164. The van der Waals surface area contributed by atoms with Crippen molar-refractivity contribution < 1.29 is 4.79 Å². The van der Waals surface area contributed by atoms with Gasteiger partial charge in [-0.1, -0.05) is 37.3 Å². The van der Waals surface area contributed by atoms with E-state index in [1.165, 1.54) is 19.3 Å². The minimum absolute atomic E-state index is 0.0574. The molecule has 1 aromatic rings. The number of hydrogen-bond acceptors (Lipinski definition) is 2. The normalized spacial score (nSPS) is 49.5. The van der Waals surface area contributed by atoms with E-state index < -0.39 is 0 Å². The summed E-state index contributed by atoms with van der Waals surface area (Å²) in [7, 11) is 0. The van der Waals surface area contributed by atoms with Crippen LogP contribution < -0.4 is 5.73 Å². The van der Waals surface area contributed by atoms with Crippen molar-refractivity contribution in [2.24, 2.45) is 33.3 Å². The number of carbonyl (C=O) groups excluding carboxylic acids is 1. The van der Waals surface area contributed by atoms with Gasteiger partial charge in [-0.2, -0.15) is 0 Å². The predicted molar refractivity (Wildman–Crippen MR) is 109 cm³/mol. The van der Waals surface area contributed by atoms with Crippen molar-refractivity contribution >= 4 is 5.91 Å². The molecule has 6 fully saturated rings. The third-order valence-electron chi connectivity index (χ3n) is 10.6. The SMILES string of the molecule is C[C@]12CC3(C(=O)N4CC5(CC(N)C5)C4)CC4CC1(C3)[C@](c1ccccc1)(C4)C2. The minimum Gasteiger partial charge on any atom is -0.341 e. The molecule has 3 bridgehead atoms. The molecule has 2 N–H and O–H groups in total. The van der Waals surface area contributed by atoms with E-state index in [2.05, 4.69) is 42.2 Å². The average molecular weight is 377 g/mol. The third kappa shape index (κ3) is 1.57. The maximum absolute atomic E-state index is 13.8. The average Bonchev–Trinajstić information content (AvgIpc) is 2.90. The van der Waals surface area contributed by atoms with Gasteiger partial charge in [-0.25, -0.2) is 0 Å². The van der Waals surface area contributed by atoms with Crippen LogP contribution in [0.5, 0.6) is 0 Å². The first-order valence-corrected chi connectivity index (χ1v) is 11.4. The van der Waals surface area contributed by atoms with Crippen LogP contribution in [-0.2, 0) is 10.2 Å². The molecule has 1 saturated heterocycles. The fourth-order valence-corrected chi connectivity index (χ4v) is 10.2. The van der Waals surface area contributed by atoms with Gasteiger partial charge in [0.1, 0.15) is 0 Å². The molecule has 6 aliphatic rings. The first-order chi connectivity index (χ1) is 13.3. The first kappa shape index (κ1) is 16.4. The summed E-state index contributed by atoms with van der Waals surface area (Å²) in [4.78, 5) is 16.1. The van der Waals surface area contributed by atoms with E-state index in [9.17, 15) is 4.79 Å². The molecule has 148 valence electrons. The van der Waals surface area contributed by atoms with Gasteiger partial charge in [0.2, 0.25) is 5.91 Å². The fourth-order valence-electron chi connectivity index (χ4n) is 10.2. The van der Waals surface area contributed by atoms with Crippen molar-refractivity contribution in [2.75, 3.05) is 13.1 Å². The second-order valence-corrected chi connectivity index (χ2v) is 12.2. The van der Waals surface area contributed by atoms with Gasteiger partial charge in [0.05, 0.1) is 5.41 Å². The largest absolute Gasteiger partial charge is 0.341 e. The van der Waals surface area contributed by atoms with Crippen LogP contribution in [0.25, 0.3) is 0 Å². The molecule has 5 saturated carbocycles. The summed E-state index contributed by atoms with van der Waals surface area (Å²) in [6.45, 7) is 4.50. The van der Waals surface area contributed by atoms with Crippen LogP contribution in [0.15, 0.2) is 30.3 Å². The van der Waals surface area contributed by atoms with Gasteiger partial charge in [0.15, 0.2) is 0 Å². The first-order valence-electron chi connectivity index (χ1n) is 11.4. The van der Waals surface area contributed by atoms with Crippen LogP contribution in [0, 0.1) is 27.6 Å². The Morgan fingerprint density at radius 1 is 1.00 bits per heavy atom. The van der Waals surface area contributed by atoms with Gasteiger partial charge in [0.25, 0.3) is 0 Å². The molecule has 7 rings (SSSR count). The highest BCUT2D eigenvalue weighted by molar-refractivity contribution is 5.85. The third-order valence-corrected chi connectivity index (χ3v) is 10.6. The number of nitrogens with two attached hydrogens (primary N) is 1. The summed E-state index contributed by atoms with van der Waals surface area (Å²) in [6, 6.07) is 11.7. The molecule has 1 aliphatic heterocycles. The van der Waals surface area contributed by atoms with Crippen molar-refractivity contribution in [1.29, 1.82) is 0 Å². The molecule has 1 heterocycles. The van der Waals surface area contributed by atoms with E-state index in [1.54, 1.807) is 5.56 Å². The molecular formula is C25H32N2O. The highest BCUT2D eigenvalue weighted by Gasteiger charge is 2.83. The van der Waals surface area contributed by atoms with Gasteiger partial charge in [0, 0.05) is 30.0 Å². The number of benzene rings is 1. The topological polar surface area (TPSA) is 46.3 Å². The number of hydrogen-bond donors (Lipinski definition) is 1. The summed E-state index contributed by atoms with van der Waals surface area (Å²) in [5.41, 5.74) is 9.03. The molecule has 0 aromatic heterocycles.